The van der Waals surface area contributed by atoms with Gasteiger partial charge in [-0.3, -0.25) is 14.4 Å². The van der Waals surface area contributed by atoms with E-state index in [2.05, 4.69) is 11.4 Å². The number of thioether (sulfide) groups is 1. The van der Waals surface area contributed by atoms with Crippen molar-refractivity contribution in [1.29, 1.82) is 0 Å². The highest BCUT2D eigenvalue weighted by molar-refractivity contribution is 8.01. The van der Waals surface area contributed by atoms with Crippen LogP contribution in [0.15, 0.2) is 24.3 Å². The number of rotatable bonds is 7. The molecule has 1 amide bonds. The van der Waals surface area contributed by atoms with Crippen molar-refractivity contribution in [2.45, 2.75) is 37.0 Å². The van der Waals surface area contributed by atoms with Gasteiger partial charge in [0, 0.05) is 0 Å². The number of aryl methyl sites for hydroxylation is 1. The molecule has 0 saturated carbocycles. The number of carboxylic acids is 2. The number of nitrogens with one attached hydrogen (secondary N) is 1. The van der Waals surface area contributed by atoms with E-state index in [4.69, 9.17) is 10.2 Å². The molecule has 1 aromatic rings. The molecule has 1 aliphatic rings. The van der Waals surface area contributed by atoms with Crippen LogP contribution in [0.2, 0.25) is 0 Å². The van der Waals surface area contributed by atoms with Gasteiger partial charge >= 0.3 is 11.9 Å². The minimum absolute atomic E-state index is 0.0594. The predicted molar refractivity (Wildman–Crippen MR) is 86.4 cm³/mol. The van der Waals surface area contributed by atoms with E-state index in [1.54, 1.807) is 0 Å². The number of fused-ring (bicyclic) bond motifs is 1. The maximum Gasteiger partial charge on any atom is 0.317 e. The Morgan fingerprint density at radius 3 is 2.70 bits per heavy atom. The monoisotopic (exact) mass is 337 g/mol. The lowest BCUT2D eigenvalue weighted by Gasteiger charge is -2.26. The third-order valence-electron chi connectivity index (χ3n) is 3.76. The van der Waals surface area contributed by atoms with Gasteiger partial charge in [0.2, 0.25) is 5.91 Å². The van der Waals surface area contributed by atoms with E-state index in [1.165, 1.54) is 5.56 Å². The molecule has 23 heavy (non-hydrogen) atoms. The van der Waals surface area contributed by atoms with Crippen molar-refractivity contribution in [3.05, 3.63) is 35.4 Å². The van der Waals surface area contributed by atoms with Gasteiger partial charge in [-0.2, -0.15) is 0 Å². The number of hydrogen-bond acceptors (Lipinski definition) is 4. The molecular formula is C16H19NO5S. The molecule has 0 unspecified atom stereocenters. The molecule has 0 aromatic heterocycles. The molecule has 0 aliphatic heterocycles. The first-order chi connectivity index (χ1) is 11.0. The van der Waals surface area contributed by atoms with Gasteiger partial charge in [0.1, 0.15) is 5.25 Å². The second-order valence-corrected chi connectivity index (χ2v) is 6.64. The minimum Gasteiger partial charge on any atom is -0.481 e. The fraction of sp³-hybridized carbons (Fsp3) is 0.438. The second kappa shape index (κ2) is 8.01. The Kier molecular flexibility index (Phi) is 6.04. The van der Waals surface area contributed by atoms with Crippen molar-refractivity contribution in [1.82, 2.24) is 5.32 Å². The summed E-state index contributed by atoms with van der Waals surface area (Å²) in [6.07, 6.45) is 2.34. The van der Waals surface area contributed by atoms with Gasteiger partial charge in [-0.25, -0.2) is 0 Å². The quantitative estimate of drug-likeness (QED) is 0.701. The molecule has 124 valence electrons. The number of hydrogen-bond donors (Lipinski definition) is 3. The Morgan fingerprint density at radius 1 is 1.26 bits per heavy atom. The molecule has 0 spiro atoms. The van der Waals surface area contributed by atoms with Gasteiger partial charge in [0.15, 0.2) is 0 Å². The Labute approximate surface area is 138 Å². The molecule has 2 atom stereocenters. The highest BCUT2D eigenvalue weighted by Gasteiger charge is 2.25. The summed E-state index contributed by atoms with van der Waals surface area (Å²) in [7, 11) is 0. The van der Waals surface area contributed by atoms with Crippen LogP contribution in [0, 0.1) is 0 Å². The van der Waals surface area contributed by atoms with Crippen LogP contribution in [0.25, 0.3) is 0 Å². The van der Waals surface area contributed by atoms with Crippen LogP contribution in [-0.4, -0.2) is 39.1 Å². The van der Waals surface area contributed by atoms with Gasteiger partial charge in [0.25, 0.3) is 0 Å². The Bertz CT molecular complexity index is 604. The van der Waals surface area contributed by atoms with Crippen molar-refractivity contribution >= 4 is 29.6 Å². The number of carbonyl (C=O) groups is 3. The first-order valence-electron chi connectivity index (χ1n) is 7.40. The van der Waals surface area contributed by atoms with E-state index < -0.39 is 23.6 Å². The van der Waals surface area contributed by atoms with E-state index in [-0.39, 0.29) is 17.7 Å². The molecule has 0 radical (unpaired) electrons. The topological polar surface area (TPSA) is 104 Å². The summed E-state index contributed by atoms with van der Waals surface area (Å²) in [4.78, 5) is 33.7. The maximum absolute atomic E-state index is 12.1. The Hall–Kier alpha value is -2.02. The van der Waals surface area contributed by atoms with Gasteiger partial charge in [0.05, 0.1) is 18.2 Å². The normalized spacial score (nSPS) is 17.8. The minimum atomic E-state index is -1.21. The molecule has 0 fully saturated rings. The van der Waals surface area contributed by atoms with Crippen molar-refractivity contribution in [3.8, 4) is 0 Å². The number of carbonyl (C=O) groups excluding carboxylic acids is 1. The van der Waals surface area contributed by atoms with Crippen LogP contribution in [0.5, 0.6) is 0 Å². The molecule has 2 rings (SSSR count). The largest absolute Gasteiger partial charge is 0.481 e. The number of aliphatic carboxylic acids is 2. The first-order valence-corrected chi connectivity index (χ1v) is 8.45. The number of amides is 1. The van der Waals surface area contributed by atoms with Gasteiger partial charge in [-0.05, 0) is 30.4 Å². The summed E-state index contributed by atoms with van der Waals surface area (Å²) in [5, 5.41) is 19.5. The van der Waals surface area contributed by atoms with Crippen molar-refractivity contribution in [2.75, 3.05) is 5.75 Å². The highest BCUT2D eigenvalue weighted by Crippen LogP contribution is 2.29. The summed E-state index contributed by atoms with van der Waals surface area (Å²) in [6.45, 7) is 0. The zero-order chi connectivity index (χ0) is 16.8. The molecule has 0 saturated heterocycles. The summed E-state index contributed by atoms with van der Waals surface area (Å²) >= 11 is 0.844. The Balaban J connectivity index is 1.90. The molecule has 0 heterocycles. The van der Waals surface area contributed by atoms with Crippen LogP contribution in [-0.2, 0) is 20.8 Å². The van der Waals surface area contributed by atoms with Gasteiger partial charge in [-0.1, -0.05) is 24.3 Å². The molecule has 1 aromatic carbocycles. The van der Waals surface area contributed by atoms with Crippen LogP contribution >= 0.6 is 11.8 Å². The van der Waals surface area contributed by atoms with E-state index in [0.29, 0.717) is 0 Å². The maximum atomic E-state index is 12.1. The summed E-state index contributed by atoms with van der Waals surface area (Å²) < 4.78 is 0. The fourth-order valence-corrected chi connectivity index (χ4v) is 3.53. The molecule has 6 nitrogen and oxygen atoms in total. The lowest BCUT2D eigenvalue weighted by molar-refractivity contribution is -0.142. The summed E-state index contributed by atoms with van der Waals surface area (Å²) in [6, 6.07) is 7.90. The van der Waals surface area contributed by atoms with E-state index in [1.807, 2.05) is 18.2 Å². The highest BCUT2D eigenvalue weighted by atomic mass is 32.2. The fourth-order valence-electron chi connectivity index (χ4n) is 2.69. The van der Waals surface area contributed by atoms with Crippen LogP contribution in [0.3, 0.4) is 0 Å². The molecule has 7 heteroatoms. The molecule has 0 bridgehead atoms. The van der Waals surface area contributed by atoms with E-state index in [9.17, 15) is 14.4 Å². The average Bonchev–Trinajstić information content (AvgIpc) is 2.51. The summed E-state index contributed by atoms with van der Waals surface area (Å²) in [5.41, 5.74) is 2.34. The first kappa shape index (κ1) is 17.3. The number of carboxylic acid groups (broad SMARTS) is 2. The van der Waals surface area contributed by atoms with Crippen LogP contribution in [0.1, 0.15) is 36.4 Å². The zero-order valence-electron chi connectivity index (χ0n) is 12.5. The van der Waals surface area contributed by atoms with Crippen LogP contribution < -0.4 is 5.32 Å². The van der Waals surface area contributed by atoms with Crippen LogP contribution in [0.4, 0.5) is 0 Å². The van der Waals surface area contributed by atoms with Gasteiger partial charge < -0.3 is 15.5 Å². The SMILES string of the molecule is O=C(O)C[C@@H](SCC(=O)N[C@H]1CCCc2ccccc21)C(=O)O. The summed E-state index contributed by atoms with van der Waals surface area (Å²) in [5.74, 6) is -2.74. The molecule has 1 aliphatic carbocycles. The average molecular weight is 337 g/mol. The van der Waals surface area contributed by atoms with E-state index >= 15 is 0 Å². The predicted octanol–water partition coefficient (Wildman–Crippen LogP) is 1.84. The lowest BCUT2D eigenvalue weighted by Crippen LogP contribution is -2.33. The van der Waals surface area contributed by atoms with Crippen molar-refractivity contribution < 1.29 is 24.6 Å². The smallest absolute Gasteiger partial charge is 0.317 e. The lowest BCUT2D eigenvalue weighted by atomic mass is 9.88. The molecule has 3 N–H and O–H groups in total. The van der Waals surface area contributed by atoms with Crippen molar-refractivity contribution in [2.24, 2.45) is 0 Å². The molecular weight excluding hydrogens is 318 g/mol. The Morgan fingerprint density at radius 2 is 2.00 bits per heavy atom. The third-order valence-corrected chi connectivity index (χ3v) is 4.96. The van der Waals surface area contributed by atoms with Crippen molar-refractivity contribution in [3.63, 3.8) is 0 Å². The third kappa shape index (κ3) is 4.99. The van der Waals surface area contributed by atoms with E-state index in [0.717, 1.165) is 36.6 Å². The standard InChI is InChI=1S/C16H19NO5S/c18-14(9-23-13(16(21)22)8-15(19)20)17-12-7-3-5-10-4-1-2-6-11(10)12/h1-2,4,6,12-13H,3,5,7-9H2,(H,17,18)(H,19,20)(H,21,22)/t12-,13+/m0/s1. The zero-order valence-corrected chi connectivity index (χ0v) is 13.3. The van der Waals surface area contributed by atoms with Gasteiger partial charge in [-0.15, -0.1) is 11.8 Å². The second-order valence-electron chi connectivity index (χ2n) is 5.45. The number of benzene rings is 1.